The lowest BCUT2D eigenvalue weighted by atomic mass is 9.86. The van der Waals surface area contributed by atoms with Gasteiger partial charge in [0.15, 0.2) is 0 Å². The third kappa shape index (κ3) is 5.29. The van der Waals surface area contributed by atoms with Gasteiger partial charge in [-0.05, 0) is 18.8 Å². The summed E-state index contributed by atoms with van der Waals surface area (Å²) in [5.41, 5.74) is 0. The largest absolute Gasteiger partial charge is 0.393 e. The molecule has 0 aromatic heterocycles. The van der Waals surface area contributed by atoms with E-state index in [1.165, 1.54) is 32.1 Å². The molecule has 1 aliphatic rings. The van der Waals surface area contributed by atoms with E-state index in [1.807, 2.05) is 6.92 Å². The smallest absolute Gasteiger partial charge is 0.313 e. The van der Waals surface area contributed by atoms with Crippen molar-refractivity contribution in [3.8, 4) is 0 Å². The molecule has 0 heterocycles. The van der Waals surface area contributed by atoms with Gasteiger partial charge >= 0.3 is 11.9 Å². The lowest BCUT2D eigenvalue weighted by molar-refractivity contribution is -0.159. The fourth-order valence-corrected chi connectivity index (χ4v) is 2.23. The number of esters is 2. The maximum Gasteiger partial charge on any atom is 0.313 e. The maximum absolute atomic E-state index is 11.3. The van der Waals surface area contributed by atoms with E-state index < -0.39 is 0 Å². The second-order valence-corrected chi connectivity index (χ2v) is 4.64. The van der Waals surface area contributed by atoms with Gasteiger partial charge in [0.2, 0.25) is 0 Å². The first kappa shape index (κ1) is 13.2. The van der Waals surface area contributed by atoms with Crippen molar-refractivity contribution < 1.29 is 14.3 Å². The predicted molar refractivity (Wildman–Crippen MR) is 61.8 cm³/mol. The minimum Gasteiger partial charge on any atom is -0.393 e. The van der Waals surface area contributed by atoms with E-state index in [4.69, 9.17) is 4.74 Å². The van der Waals surface area contributed by atoms with Crippen molar-refractivity contribution in [2.24, 2.45) is 5.92 Å². The third-order valence-corrected chi connectivity index (χ3v) is 3.16. The number of carbonyl (C=O) groups is 2. The van der Waals surface area contributed by atoms with Crippen molar-refractivity contribution in [2.75, 3.05) is 0 Å². The van der Waals surface area contributed by atoms with Gasteiger partial charge in [0.05, 0.1) is 0 Å². The molecule has 3 nitrogen and oxygen atoms in total. The summed E-state index contributed by atoms with van der Waals surface area (Å²) in [6, 6.07) is 0. The van der Waals surface area contributed by atoms with Gasteiger partial charge in [-0.3, -0.25) is 9.59 Å². The highest BCUT2D eigenvalue weighted by molar-refractivity contribution is 5.85. The summed E-state index contributed by atoms with van der Waals surface area (Å²) in [5.74, 6) is -0.0530. The number of hydrogen-bond acceptors (Lipinski definition) is 3. The second-order valence-electron chi connectivity index (χ2n) is 4.64. The lowest BCUT2D eigenvalue weighted by Crippen LogP contribution is -2.14. The molecule has 1 fully saturated rings. The second kappa shape index (κ2) is 7.42. The van der Waals surface area contributed by atoms with Crippen LogP contribution in [0.3, 0.4) is 0 Å². The molecule has 0 aliphatic heterocycles. The van der Waals surface area contributed by atoms with Crippen LogP contribution in [-0.4, -0.2) is 11.9 Å². The molecule has 16 heavy (non-hydrogen) atoms. The van der Waals surface area contributed by atoms with Gasteiger partial charge in [0.25, 0.3) is 0 Å². The summed E-state index contributed by atoms with van der Waals surface area (Å²) >= 11 is 0. The summed E-state index contributed by atoms with van der Waals surface area (Å²) in [6.45, 7) is 1.90. The van der Waals surface area contributed by atoms with Gasteiger partial charge < -0.3 is 4.74 Å². The van der Waals surface area contributed by atoms with E-state index >= 15 is 0 Å². The van der Waals surface area contributed by atoms with Crippen LogP contribution in [0.2, 0.25) is 0 Å². The molecule has 0 aromatic rings. The first-order chi connectivity index (χ1) is 7.72. The van der Waals surface area contributed by atoms with Gasteiger partial charge in [-0.1, -0.05) is 39.0 Å². The highest BCUT2D eigenvalue weighted by Crippen LogP contribution is 2.27. The van der Waals surface area contributed by atoms with Crippen molar-refractivity contribution in [3.63, 3.8) is 0 Å². The zero-order valence-corrected chi connectivity index (χ0v) is 10.2. The highest BCUT2D eigenvalue weighted by atomic mass is 16.6. The molecule has 92 valence electrons. The van der Waals surface area contributed by atoms with Gasteiger partial charge in [-0.2, -0.15) is 0 Å². The van der Waals surface area contributed by atoms with Crippen LogP contribution in [0.5, 0.6) is 0 Å². The maximum atomic E-state index is 11.3. The fraction of sp³-hybridized carbons (Fsp3) is 0.846. The summed E-state index contributed by atoms with van der Waals surface area (Å²) in [6.07, 6.45) is 8.73. The monoisotopic (exact) mass is 226 g/mol. The van der Waals surface area contributed by atoms with Crippen LogP contribution < -0.4 is 0 Å². The van der Waals surface area contributed by atoms with Crippen LogP contribution in [0.15, 0.2) is 0 Å². The van der Waals surface area contributed by atoms with Crippen molar-refractivity contribution in [1.29, 1.82) is 0 Å². The Kier molecular flexibility index (Phi) is 6.12. The van der Waals surface area contributed by atoms with Crippen LogP contribution in [0.25, 0.3) is 0 Å². The number of carbonyl (C=O) groups excluding carboxylic acids is 2. The highest BCUT2D eigenvalue weighted by Gasteiger charge is 2.16. The Labute approximate surface area is 97.5 Å². The first-order valence-corrected chi connectivity index (χ1v) is 6.46. The van der Waals surface area contributed by atoms with E-state index in [0.717, 1.165) is 12.8 Å². The Bertz CT molecular complexity index is 229. The molecule has 0 bridgehead atoms. The van der Waals surface area contributed by atoms with Crippen molar-refractivity contribution >= 4 is 11.9 Å². The first-order valence-electron chi connectivity index (χ1n) is 6.46. The number of rotatable bonds is 5. The molecular weight excluding hydrogens is 204 g/mol. The van der Waals surface area contributed by atoms with E-state index in [9.17, 15) is 9.59 Å². The van der Waals surface area contributed by atoms with Crippen LogP contribution in [0, 0.1) is 5.92 Å². The number of hydrogen-bond donors (Lipinski definition) is 0. The fourth-order valence-electron chi connectivity index (χ4n) is 2.23. The van der Waals surface area contributed by atoms with Gasteiger partial charge in [-0.15, -0.1) is 0 Å². The number of ether oxygens (including phenoxy) is 1. The summed E-state index contributed by atoms with van der Waals surface area (Å²) in [7, 11) is 0. The minimum atomic E-state index is -0.379. The predicted octanol–water partition coefficient (Wildman–Crippen LogP) is 3.22. The summed E-state index contributed by atoms with van der Waals surface area (Å²) in [4.78, 5) is 22.4. The van der Waals surface area contributed by atoms with Crippen LogP contribution in [0.1, 0.15) is 64.7 Å². The molecule has 1 rings (SSSR count). The molecule has 0 amide bonds. The summed E-state index contributed by atoms with van der Waals surface area (Å²) in [5, 5.41) is 0. The molecular formula is C13H22O3. The Hall–Kier alpha value is -0.860. The minimum absolute atomic E-state index is 0.342. The average Bonchev–Trinajstić information content (AvgIpc) is 2.28. The Morgan fingerprint density at radius 2 is 1.69 bits per heavy atom. The van der Waals surface area contributed by atoms with Crippen molar-refractivity contribution in [3.05, 3.63) is 0 Å². The third-order valence-electron chi connectivity index (χ3n) is 3.16. The topological polar surface area (TPSA) is 43.4 Å². The standard InChI is InChI=1S/C13H22O3/c1-2-6-12(14)16-13(15)10-9-11-7-4-3-5-8-11/h11H,2-10H2,1H3. The molecule has 0 spiro atoms. The quantitative estimate of drug-likeness (QED) is 0.534. The molecule has 0 saturated heterocycles. The Morgan fingerprint density at radius 3 is 2.31 bits per heavy atom. The molecule has 0 atom stereocenters. The molecule has 0 aromatic carbocycles. The van der Waals surface area contributed by atoms with E-state index in [1.54, 1.807) is 0 Å². The van der Waals surface area contributed by atoms with E-state index in [-0.39, 0.29) is 11.9 Å². The average molecular weight is 226 g/mol. The molecule has 1 saturated carbocycles. The Morgan fingerprint density at radius 1 is 1.06 bits per heavy atom. The van der Waals surface area contributed by atoms with Crippen molar-refractivity contribution in [2.45, 2.75) is 64.7 Å². The van der Waals surface area contributed by atoms with E-state index in [0.29, 0.717) is 18.8 Å². The van der Waals surface area contributed by atoms with Gasteiger partial charge in [0, 0.05) is 12.8 Å². The molecule has 0 N–H and O–H groups in total. The molecule has 3 heteroatoms. The Balaban J connectivity index is 2.11. The zero-order chi connectivity index (χ0) is 11.8. The summed E-state index contributed by atoms with van der Waals surface area (Å²) < 4.78 is 4.70. The van der Waals surface area contributed by atoms with Gasteiger partial charge in [-0.25, -0.2) is 0 Å². The SMILES string of the molecule is CCCC(=O)OC(=O)CCC1CCCCC1. The normalized spacial score (nSPS) is 17.1. The molecule has 0 unspecified atom stereocenters. The van der Waals surface area contributed by atoms with Gasteiger partial charge in [0.1, 0.15) is 0 Å². The zero-order valence-electron chi connectivity index (χ0n) is 10.2. The molecule has 1 aliphatic carbocycles. The lowest BCUT2D eigenvalue weighted by Gasteiger charge is -2.20. The van der Waals surface area contributed by atoms with E-state index in [2.05, 4.69) is 0 Å². The van der Waals surface area contributed by atoms with Crippen LogP contribution in [0.4, 0.5) is 0 Å². The van der Waals surface area contributed by atoms with Crippen molar-refractivity contribution in [1.82, 2.24) is 0 Å². The molecule has 0 radical (unpaired) electrons. The van der Waals surface area contributed by atoms with Crippen LogP contribution in [-0.2, 0) is 14.3 Å². The van der Waals surface area contributed by atoms with Crippen LogP contribution >= 0.6 is 0 Å².